The van der Waals surface area contributed by atoms with Crippen LogP contribution in [0.3, 0.4) is 0 Å². The van der Waals surface area contributed by atoms with E-state index in [1.807, 2.05) is 12.1 Å². The fourth-order valence-electron chi connectivity index (χ4n) is 19.2. The summed E-state index contributed by atoms with van der Waals surface area (Å²) in [7, 11) is 0.731. The number of allylic oxidation sites excluding steroid dienone is 24. The van der Waals surface area contributed by atoms with Gasteiger partial charge in [-0.25, -0.2) is 0 Å². The van der Waals surface area contributed by atoms with E-state index in [0.29, 0.717) is 76.8 Å². The Morgan fingerprint density at radius 1 is 0.304 bits per heavy atom. The van der Waals surface area contributed by atoms with Crippen LogP contribution >= 0.6 is 15.9 Å². The molecule has 0 aromatic heterocycles. The average molecular weight is 1380 g/mol. The smallest absolute Gasteiger partial charge is 0.537 e. The van der Waals surface area contributed by atoms with Crippen molar-refractivity contribution in [2.75, 3.05) is 0 Å². The van der Waals surface area contributed by atoms with Gasteiger partial charge in [-0.3, -0.25) is 0 Å². The third-order valence-electron chi connectivity index (χ3n) is 24.4. The molecule has 4 heteroatoms. The highest BCUT2D eigenvalue weighted by molar-refractivity contribution is 9.10. The fourth-order valence-corrected chi connectivity index (χ4v) is 19.6. The first-order chi connectivity index (χ1) is 49.9. The Morgan fingerprint density at radius 3 is 1.17 bits per heavy atom. The topological polar surface area (TPSA) is 29.5 Å². The molecule has 0 heterocycles. The number of rotatable bonds is 7. The molecule has 1 radical (unpaired) electrons. The van der Waals surface area contributed by atoms with Crippen LogP contribution in [0.25, 0.3) is 88.3 Å². The van der Waals surface area contributed by atoms with Gasteiger partial charge in [0, 0.05) is 39.0 Å². The van der Waals surface area contributed by atoms with Gasteiger partial charge < -0.3 is 9.68 Å². The largest absolute Gasteiger partial charge is 0.569 e. The van der Waals surface area contributed by atoms with E-state index < -0.39 is 0 Å². The van der Waals surface area contributed by atoms with Crippen molar-refractivity contribution < 1.29 is 9.68 Å². The van der Waals surface area contributed by atoms with Crippen molar-refractivity contribution >= 4 is 56.3 Å². The van der Waals surface area contributed by atoms with Crippen LogP contribution in [0.2, 0.25) is 0 Å². The lowest BCUT2D eigenvalue weighted by Gasteiger charge is -2.46. The van der Waals surface area contributed by atoms with Crippen molar-refractivity contribution in [3.05, 3.63) is 378 Å². The average Bonchev–Trinajstić information content (AvgIpc) is 1.49. The molecule has 10 aliphatic rings. The van der Waals surface area contributed by atoms with Gasteiger partial charge in [-0.2, -0.15) is 0 Å². The van der Waals surface area contributed by atoms with Crippen LogP contribution < -0.4 is 4.65 Å². The second kappa shape index (κ2) is 26.1. The minimum Gasteiger partial charge on any atom is -0.537 e. The van der Waals surface area contributed by atoms with Gasteiger partial charge in [-0.15, -0.1) is 0 Å². The SMILES string of the molecule is Brc1cccc(C2=CC3C4C=CC=CC4C=CC3C3C=CC=CC23)c1.CC1(C)c2cc(-c3cccc(C4=CC5C6C=CC=CC6C=CC5C5C=CC=CC45)c3)ccc2-c2ccc(-c3ccc4ccccc4c3)cc21.CC1(C)c2cc(O[B]O)ccc2-c2ccc(-c3ccc4ccccc4c3)cc21. The molecule has 2 nitrogen and oxygen atoms in total. The van der Waals surface area contributed by atoms with Crippen LogP contribution in [0.4, 0.5) is 0 Å². The summed E-state index contributed by atoms with van der Waals surface area (Å²) < 4.78 is 6.34. The molecule has 0 saturated heterocycles. The summed E-state index contributed by atoms with van der Waals surface area (Å²) in [4.78, 5) is 0. The zero-order valence-electron chi connectivity index (χ0n) is 58.1. The summed E-state index contributed by atoms with van der Waals surface area (Å²) in [5, 5.41) is 14.0. The molecule has 0 spiro atoms. The highest BCUT2D eigenvalue weighted by Gasteiger charge is 2.46. The van der Waals surface area contributed by atoms with Gasteiger partial charge in [0.05, 0.1) is 0 Å². The van der Waals surface area contributed by atoms with Gasteiger partial charge >= 0.3 is 7.69 Å². The molecular weight excluding hydrogens is 1300 g/mol. The third kappa shape index (κ3) is 11.3. The monoisotopic (exact) mass is 1380 g/mol. The van der Waals surface area contributed by atoms with E-state index in [4.69, 9.17) is 9.68 Å². The Morgan fingerprint density at radius 2 is 0.686 bits per heavy atom. The molecule has 1 N–H and O–H groups in total. The number of fused-ring (bicyclic) bond motifs is 18. The van der Waals surface area contributed by atoms with Crippen molar-refractivity contribution in [2.24, 2.45) is 71.0 Å². The predicted octanol–water partition coefficient (Wildman–Crippen LogP) is 24.5. The van der Waals surface area contributed by atoms with Crippen LogP contribution in [-0.2, 0) is 10.8 Å². The number of halogens is 1. The van der Waals surface area contributed by atoms with E-state index in [0.717, 1.165) is 12.2 Å². The second-order valence-corrected chi connectivity index (χ2v) is 31.5. The maximum absolute atomic E-state index is 8.96. The molecule has 0 fully saturated rings. The molecule has 495 valence electrons. The molecule has 102 heavy (non-hydrogen) atoms. The summed E-state index contributed by atoms with van der Waals surface area (Å²) in [6.07, 6.45) is 52.4. The Bertz CT molecular complexity index is 5440. The van der Waals surface area contributed by atoms with E-state index in [9.17, 15) is 0 Å². The van der Waals surface area contributed by atoms with Gasteiger partial charge in [0.15, 0.2) is 0 Å². The molecule has 10 aromatic rings. The lowest BCUT2D eigenvalue weighted by Crippen LogP contribution is -2.39. The Labute approximate surface area is 610 Å². The van der Waals surface area contributed by atoms with Crippen LogP contribution in [0, 0.1) is 71.0 Å². The lowest BCUT2D eigenvalue weighted by atomic mass is 9.57. The molecule has 12 atom stereocenters. The second-order valence-electron chi connectivity index (χ2n) is 30.6. The van der Waals surface area contributed by atoms with Gasteiger partial charge in [0.2, 0.25) is 0 Å². The Balaban J connectivity index is 0.000000119. The van der Waals surface area contributed by atoms with E-state index >= 15 is 0 Å². The van der Waals surface area contributed by atoms with Crippen LogP contribution in [0.15, 0.2) is 344 Å². The molecule has 20 rings (SSSR count). The van der Waals surface area contributed by atoms with E-state index in [-0.39, 0.29) is 10.8 Å². The summed E-state index contributed by atoms with van der Waals surface area (Å²) in [6.45, 7) is 9.28. The maximum atomic E-state index is 8.96. The van der Waals surface area contributed by atoms with Crippen LogP contribution in [-0.4, -0.2) is 12.7 Å². The fraction of sp³-hybridized carbons (Fsp3) is 0.184. The first-order valence-corrected chi connectivity index (χ1v) is 37.5. The first kappa shape index (κ1) is 64.0. The summed E-state index contributed by atoms with van der Waals surface area (Å²) >= 11 is 3.65. The molecule has 0 amide bonds. The number of benzene rings is 10. The zero-order chi connectivity index (χ0) is 68.8. The number of hydrogen-bond donors (Lipinski definition) is 1. The minimum atomic E-state index is -0.133. The molecular formula is C98H81BBrO2. The summed E-state index contributed by atoms with van der Waals surface area (Å²) in [6, 6.07) is 75.7. The van der Waals surface area contributed by atoms with Gasteiger partial charge in [0.25, 0.3) is 0 Å². The van der Waals surface area contributed by atoms with Gasteiger partial charge in [-0.1, -0.05) is 323 Å². The molecule has 0 saturated carbocycles. The summed E-state index contributed by atoms with van der Waals surface area (Å²) in [5.74, 6) is 6.95. The van der Waals surface area contributed by atoms with Crippen molar-refractivity contribution in [2.45, 2.75) is 38.5 Å². The molecule has 0 bridgehead atoms. The Kier molecular flexibility index (Phi) is 16.4. The van der Waals surface area contributed by atoms with E-state index in [2.05, 4.69) is 371 Å². The first-order valence-electron chi connectivity index (χ1n) is 36.7. The molecule has 10 aliphatic carbocycles. The Hall–Kier alpha value is -10.1. The lowest BCUT2D eigenvalue weighted by molar-refractivity contribution is 0.236. The van der Waals surface area contributed by atoms with Crippen molar-refractivity contribution in [1.29, 1.82) is 0 Å². The van der Waals surface area contributed by atoms with Crippen LogP contribution in [0.5, 0.6) is 5.75 Å². The quantitative estimate of drug-likeness (QED) is 0.127. The van der Waals surface area contributed by atoms with Crippen molar-refractivity contribution in [3.63, 3.8) is 0 Å². The highest BCUT2D eigenvalue weighted by Crippen LogP contribution is 2.57. The third-order valence-corrected chi connectivity index (χ3v) is 24.9. The van der Waals surface area contributed by atoms with Gasteiger partial charge in [0.1, 0.15) is 5.75 Å². The molecule has 12 unspecified atom stereocenters. The molecule has 10 aromatic carbocycles. The van der Waals surface area contributed by atoms with Crippen LogP contribution in [0.1, 0.15) is 61.1 Å². The van der Waals surface area contributed by atoms with E-state index in [1.165, 1.54) is 122 Å². The highest BCUT2D eigenvalue weighted by atomic mass is 79.9. The van der Waals surface area contributed by atoms with Crippen molar-refractivity contribution in [1.82, 2.24) is 0 Å². The maximum Gasteiger partial charge on any atom is 0.569 e. The molecule has 0 aliphatic heterocycles. The number of hydrogen-bond acceptors (Lipinski definition) is 2. The normalized spacial score (nSPS) is 25.6. The zero-order valence-corrected chi connectivity index (χ0v) is 59.7. The van der Waals surface area contributed by atoms with E-state index in [1.54, 1.807) is 0 Å². The van der Waals surface area contributed by atoms with Crippen molar-refractivity contribution in [3.8, 4) is 61.4 Å². The minimum absolute atomic E-state index is 0.0918. The van der Waals surface area contributed by atoms with Gasteiger partial charge in [-0.05, 0) is 230 Å². The predicted molar refractivity (Wildman–Crippen MR) is 431 cm³/mol. The summed E-state index contributed by atoms with van der Waals surface area (Å²) in [5.41, 5.74) is 23.7. The standard InChI is InChI=1S/C49H40.C25H20BO2.C24H21Br/c1-49(2)47-28-36(21-24-43(47)44-25-22-37(29-48(44)49)35-19-18-31-10-3-4-12-33(31)26-35)34-13-9-14-38(27-34)45-30-46-39-15-6-5-11-32(39)20-23-42(46)40-16-7-8-17-41(40)45;1-25(2)23-14-19(18-8-7-16-5-3-4-6-17(16)13-18)9-11-21(23)22-12-10-20(28-26-27)15-24(22)25;25-18-8-5-7-17(14-18)23-15-24-19-9-2-1-6-16(19)12-13-22(24)20-10-3-4-11-21(20)23/h3-30,32,39-42,46H,1-2H3;3-15,27H,1-2H3;1-16,19-22,24H.